The Hall–Kier alpha value is -3.21. The standard InChI is InChI=1S/C23H23N5/c1-2-16-12-14-18(15-13-16)24-22-19-10-6-7-11-20(19)25-23-26-21(27-28(22)23)17-8-4-3-5-9-17/h3-5,8-9,12-15,24H,2,6-7,10-11H2,1H3. The highest BCUT2D eigenvalue weighted by Gasteiger charge is 2.21. The minimum Gasteiger partial charge on any atom is -0.340 e. The predicted octanol–water partition coefficient (Wildman–Crippen LogP) is 4.98. The van der Waals surface area contributed by atoms with Crippen molar-refractivity contribution in [2.45, 2.75) is 39.0 Å². The van der Waals surface area contributed by atoms with Crippen LogP contribution in [-0.2, 0) is 19.3 Å². The zero-order valence-corrected chi connectivity index (χ0v) is 16.0. The quantitative estimate of drug-likeness (QED) is 0.551. The van der Waals surface area contributed by atoms with Crippen molar-refractivity contribution in [2.24, 2.45) is 0 Å². The Balaban J connectivity index is 1.65. The topological polar surface area (TPSA) is 55.1 Å². The molecule has 0 bridgehead atoms. The number of rotatable bonds is 4. The van der Waals surface area contributed by atoms with Crippen LogP contribution in [0, 0.1) is 0 Å². The molecule has 1 aliphatic rings. The summed E-state index contributed by atoms with van der Waals surface area (Å²) in [6, 6.07) is 18.7. The number of aryl methyl sites for hydroxylation is 2. The molecule has 0 aliphatic heterocycles. The van der Waals surface area contributed by atoms with Gasteiger partial charge in [0.05, 0.1) is 5.69 Å². The second-order valence-corrected chi connectivity index (χ2v) is 7.28. The van der Waals surface area contributed by atoms with Crippen molar-refractivity contribution in [3.8, 4) is 11.4 Å². The molecule has 0 saturated carbocycles. The van der Waals surface area contributed by atoms with Gasteiger partial charge in [-0.15, -0.1) is 5.10 Å². The van der Waals surface area contributed by atoms with Gasteiger partial charge in [0, 0.05) is 16.8 Å². The Morgan fingerprint density at radius 3 is 2.50 bits per heavy atom. The molecule has 0 saturated heterocycles. The molecule has 140 valence electrons. The lowest BCUT2D eigenvalue weighted by Crippen LogP contribution is -2.13. The van der Waals surface area contributed by atoms with Crippen molar-refractivity contribution < 1.29 is 0 Å². The van der Waals surface area contributed by atoms with Crippen LogP contribution in [0.3, 0.4) is 0 Å². The second kappa shape index (κ2) is 7.08. The molecule has 5 nitrogen and oxygen atoms in total. The lowest BCUT2D eigenvalue weighted by Gasteiger charge is -2.20. The summed E-state index contributed by atoms with van der Waals surface area (Å²) in [5.74, 6) is 2.37. The van der Waals surface area contributed by atoms with E-state index < -0.39 is 0 Å². The average molecular weight is 369 g/mol. The third kappa shape index (κ3) is 3.03. The van der Waals surface area contributed by atoms with Gasteiger partial charge in [-0.2, -0.15) is 9.50 Å². The number of hydrogen-bond acceptors (Lipinski definition) is 4. The van der Waals surface area contributed by atoms with Crippen LogP contribution in [0.2, 0.25) is 0 Å². The first kappa shape index (κ1) is 16.9. The third-order valence-electron chi connectivity index (χ3n) is 5.42. The summed E-state index contributed by atoms with van der Waals surface area (Å²) >= 11 is 0. The van der Waals surface area contributed by atoms with Crippen LogP contribution in [0.4, 0.5) is 11.5 Å². The Bertz CT molecular complexity index is 1110. The molecule has 1 aliphatic carbocycles. The van der Waals surface area contributed by atoms with Gasteiger partial charge in [0.25, 0.3) is 5.78 Å². The van der Waals surface area contributed by atoms with Crippen molar-refractivity contribution in [3.05, 3.63) is 71.4 Å². The lowest BCUT2D eigenvalue weighted by molar-refractivity contribution is 0.662. The van der Waals surface area contributed by atoms with Crippen LogP contribution in [0.15, 0.2) is 54.6 Å². The zero-order chi connectivity index (χ0) is 18.9. The molecule has 0 spiro atoms. The number of aromatic nitrogens is 4. The van der Waals surface area contributed by atoms with Crippen LogP contribution < -0.4 is 5.32 Å². The Labute approximate surface area is 164 Å². The monoisotopic (exact) mass is 369 g/mol. The third-order valence-corrected chi connectivity index (χ3v) is 5.42. The van der Waals surface area contributed by atoms with Gasteiger partial charge in [0.1, 0.15) is 5.82 Å². The largest absolute Gasteiger partial charge is 0.340 e. The zero-order valence-electron chi connectivity index (χ0n) is 16.0. The van der Waals surface area contributed by atoms with Gasteiger partial charge in [-0.1, -0.05) is 49.4 Å². The summed E-state index contributed by atoms with van der Waals surface area (Å²) in [5, 5.41) is 8.41. The van der Waals surface area contributed by atoms with E-state index in [9.17, 15) is 0 Å². The highest BCUT2D eigenvalue weighted by molar-refractivity contribution is 5.65. The molecule has 0 unspecified atom stereocenters. The SMILES string of the molecule is CCc1ccc(Nc2c3c(nc4nc(-c5ccccc5)nn24)CCCC3)cc1. The van der Waals surface area contributed by atoms with E-state index in [-0.39, 0.29) is 0 Å². The summed E-state index contributed by atoms with van der Waals surface area (Å²) in [7, 11) is 0. The van der Waals surface area contributed by atoms with Gasteiger partial charge >= 0.3 is 0 Å². The highest BCUT2D eigenvalue weighted by Crippen LogP contribution is 2.30. The summed E-state index contributed by atoms with van der Waals surface area (Å²) in [6.07, 6.45) is 5.43. The van der Waals surface area contributed by atoms with Crippen LogP contribution in [0.5, 0.6) is 0 Å². The molecule has 5 rings (SSSR count). The number of anilines is 2. The van der Waals surface area contributed by atoms with Crippen LogP contribution in [-0.4, -0.2) is 19.6 Å². The van der Waals surface area contributed by atoms with E-state index in [2.05, 4.69) is 36.5 Å². The first-order valence-electron chi connectivity index (χ1n) is 10.0. The van der Waals surface area contributed by atoms with Gasteiger partial charge in [-0.3, -0.25) is 0 Å². The normalized spacial score (nSPS) is 13.5. The molecular weight excluding hydrogens is 346 g/mol. The number of benzene rings is 2. The fraction of sp³-hybridized carbons (Fsp3) is 0.261. The van der Waals surface area contributed by atoms with Crippen LogP contribution in [0.25, 0.3) is 17.2 Å². The number of hydrogen-bond donors (Lipinski definition) is 1. The minimum absolute atomic E-state index is 0.659. The van der Waals surface area contributed by atoms with E-state index in [0.29, 0.717) is 11.6 Å². The van der Waals surface area contributed by atoms with Crippen molar-refractivity contribution in [2.75, 3.05) is 5.32 Å². The molecular formula is C23H23N5. The fourth-order valence-corrected chi connectivity index (χ4v) is 3.84. The summed E-state index contributed by atoms with van der Waals surface area (Å²) in [4.78, 5) is 9.56. The van der Waals surface area contributed by atoms with Crippen molar-refractivity contribution in [3.63, 3.8) is 0 Å². The fourth-order valence-electron chi connectivity index (χ4n) is 3.84. The van der Waals surface area contributed by atoms with E-state index >= 15 is 0 Å². The van der Waals surface area contributed by atoms with E-state index in [1.807, 2.05) is 34.8 Å². The van der Waals surface area contributed by atoms with E-state index in [4.69, 9.17) is 15.1 Å². The Morgan fingerprint density at radius 1 is 0.929 bits per heavy atom. The molecule has 0 fully saturated rings. The summed E-state index contributed by atoms with van der Waals surface area (Å²) < 4.78 is 1.88. The van der Waals surface area contributed by atoms with E-state index in [1.54, 1.807) is 0 Å². The van der Waals surface area contributed by atoms with Gasteiger partial charge in [-0.05, 0) is 49.8 Å². The van der Waals surface area contributed by atoms with Gasteiger partial charge < -0.3 is 5.32 Å². The molecule has 28 heavy (non-hydrogen) atoms. The van der Waals surface area contributed by atoms with Crippen molar-refractivity contribution in [1.29, 1.82) is 0 Å². The molecule has 5 heteroatoms. The first-order valence-corrected chi connectivity index (χ1v) is 10.0. The number of fused-ring (bicyclic) bond motifs is 2. The molecule has 0 radical (unpaired) electrons. The number of nitrogens with zero attached hydrogens (tertiary/aromatic N) is 4. The summed E-state index contributed by atoms with van der Waals surface area (Å²) in [6.45, 7) is 2.17. The van der Waals surface area contributed by atoms with Crippen LogP contribution >= 0.6 is 0 Å². The minimum atomic E-state index is 0.659. The summed E-state index contributed by atoms with van der Waals surface area (Å²) in [5.41, 5.74) is 5.82. The first-order chi connectivity index (χ1) is 13.8. The molecule has 0 atom stereocenters. The lowest BCUT2D eigenvalue weighted by atomic mass is 9.96. The van der Waals surface area contributed by atoms with Crippen molar-refractivity contribution >= 4 is 17.3 Å². The molecule has 2 aromatic carbocycles. The van der Waals surface area contributed by atoms with Crippen LogP contribution in [0.1, 0.15) is 36.6 Å². The molecule has 2 aromatic heterocycles. The van der Waals surface area contributed by atoms with E-state index in [0.717, 1.165) is 42.0 Å². The molecule has 1 N–H and O–H groups in total. The average Bonchev–Trinajstić information content (AvgIpc) is 3.19. The Morgan fingerprint density at radius 2 is 1.71 bits per heavy atom. The second-order valence-electron chi connectivity index (χ2n) is 7.28. The highest BCUT2D eigenvalue weighted by atomic mass is 15.4. The van der Waals surface area contributed by atoms with E-state index in [1.165, 1.54) is 24.0 Å². The van der Waals surface area contributed by atoms with Gasteiger partial charge in [0.2, 0.25) is 0 Å². The maximum Gasteiger partial charge on any atom is 0.254 e. The molecule has 4 aromatic rings. The van der Waals surface area contributed by atoms with Gasteiger partial charge in [0.15, 0.2) is 5.82 Å². The smallest absolute Gasteiger partial charge is 0.254 e. The van der Waals surface area contributed by atoms with Gasteiger partial charge in [-0.25, -0.2) is 4.98 Å². The maximum absolute atomic E-state index is 4.84. The number of nitrogens with one attached hydrogen (secondary N) is 1. The molecule has 2 heterocycles. The maximum atomic E-state index is 4.84. The predicted molar refractivity (Wildman–Crippen MR) is 112 cm³/mol. The van der Waals surface area contributed by atoms with Crippen molar-refractivity contribution in [1.82, 2.24) is 19.6 Å². The molecule has 0 amide bonds. The Kier molecular flexibility index (Phi) is 4.28.